The number of aliphatic hydroxyl groups is 1. The van der Waals surface area contributed by atoms with E-state index in [1.54, 1.807) is 0 Å². The largest absolute Gasteiger partial charge is 0.385 e. The Morgan fingerprint density at radius 3 is 2.56 bits per heavy atom. The van der Waals surface area contributed by atoms with Gasteiger partial charge in [0.1, 0.15) is 0 Å². The third-order valence-electron chi connectivity index (χ3n) is 3.80. The molecule has 0 spiro atoms. The molecule has 2 nitrogen and oxygen atoms in total. The molecule has 18 heavy (non-hydrogen) atoms. The van der Waals surface area contributed by atoms with Gasteiger partial charge in [-0.15, -0.1) is 0 Å². The monoisotopic (exact) mass is 248 g/mol. The van der Waals surface area contributed by atoms with Crippen molar-refractivity contribution in [3.05, 3.63) is 34.9 Å². The van der Waals surface area contributed by atoms with Crippen molar-refractivity contribution in [1.82, 2.24) is 0 Å². The molecule has 1 N–H and O–H groups in total. The van der Waals surface area contributed by atoms with Gasteiger partial charge in [-0.1, -0.05) is 42.7 Å². The van der Waals surface area contributed by atoms with Crippen molar-refractivity contribution in [2.24, 2.45) is 0 Å². The van der Waals surface area contributed by atoms with Crippen LogP contribution >= 0.6 is 0 Å². The zero-order chi connectivity index (χ0) is 13.2. The Balaban J connectivity index is 2.23. The minimum Gasteiger partial charge on any atom is -0.385 e. The molecule has 1 fully saturated rings. The lowest BCUT2D eigenvalue weighted by atomic mass is 9.81. The van der Waals surface area contributed by atoms with Crippen LogP contribution in [0.25, 0.3) is 0 Å². The molecular weight excluding hydrogens is 224 g/mol. The molecule has 100 valence electrons. The molecule has 1 aromatic carbocycles. The summed E-state index contributed by atoms with van der Waals surface area (Å²) >= 11 is 0. The SMILES string of the molecule is CCCC1CC(O)(c2cc(C)cc(C)c2)CCO1. The summed E-state index contributed by atoms with van der Waals surface area (Å²) in [6.45, 7) is 6.99. The first kappa shape index (κ1) is 13.6. The fourth-order valence-corrected chi connectivity index (χ4v) is 2.94. The van der Waals surface area contributed by atoms with Crippen LogP contribution < -0.4 is 0 Å². The van der Waals surface area contributed by atoms with Gasteiger partial charge >= 0.3 is 0 Å². The van der Waals surface area contributed by atoms with Crippen LogP contribution in [0, 0.1) is 13.8 Å². The summed E-state index contributed by atoms with van der Waals surface area (Å²) in [5.41, 5.74) is 2.80. The molecular formula is C16H24O2. The van der Waals surface area contributed by atoms with Gasteiger partial charge in [0.2, 0.25) is 0 Å². The standard InChI is InChI=1S/C16H24O2/c1-4-5-15-11-16(17,6-7-18-15)14-9-12(2)8-13(3)10-14/h8-10,15,17H,4-7,11H2,1-3H3. The van der Waals surface area contributed by atoms with Gasteiger partial charge in [0.25, 0.3) is 0 Å². The fourth-order valence-electron chi connectivity index (χ4n) is 2.94. The molecule has 1 heterocycles. The van der Waals surface area contributed by atoms with Gasteiger partial charge in [0.15, 0.2) is 0 Å². The summed E-state index contributed by atoms with van der Waals surface area (Å²) in [7, 11) is 0. The highest BCUT2D eigenvalue weighted by molar-refractivity contribution is 5.32. The number of benzene rings is 1. The van der Waals surface area contributed by atoms with Gasteiger partial charge in [-0.2, -0.15) is 0 Å². The van der Waals surface area contributed by atoms with E-state index in [0.29, 0.717) is 13.0 Å². The molecule has 2 rings (SSSR count). The predicted molar refractivity (Wildman–Crippen MR) is 73.7 cm³/mol. The van der Waals surface area contributed by atoms with E-state index in [1.807, 2.05) is 0 Å². The maximum absolute atomic E-state index is 10.9. The molecule has 1 aliphatic heterocycles. The van der Waals surface area contributed by atoms with E-state index in [-0.39, 0.29) is 6.10 Å². The highest BCUT2D eigenvalue weighted by Gasteiger charge is 2.36. The van der Waals surface area contributed by atoms with Gasteiger partial charge in [-0.3, -0.25) is 0 Å². The van der Waals surface area contributed by atoms with Crippen LogP contribution in [-0.4, -0.2) is 17.8 Å². The summed E-state index contributed by atoms with van der Waals surface area (Å²) in [6, 6.07) is 6.37. The van der Waals surface area contributed by atoms with Gasteiger partial charge in [-0.05, 0) is 25.8 Å². The fraction of sp³-hybridized carbons (Fsp3) is 0.625. The molecule has 2 unspecified atom stereocenters. The highest BCUT2D eigenvalue weighted by Crippen LogP contribution is 2.36. The van der Waals surface area contributed by atoms with Crippen LogP contribution in [0.4, 0.5) is 0 Å². The second-order valence-corrected chi connectivity index (χ2v) is 5.64. The normalized spacial score (nSPS) is 28.3. The summed E-state index contributed by atoms with van der Waals surface area (Å²) in [5, 5.41) is 10.9. The smallest absolute Gasteiger partial charge is 0.0943 e. The summed E-state index contributed by atoms with van der Waals surface area (Å²) in [6.07, 6.45) is 3.77. The van der Waals surface area contributed by atoms with E-state index in [4.69, 9.17) is 4.74 Å². The Kier molecular flexibility index (Phi) is 4.08. The van der Waals surface area contributed by atoms with E-state index in [1.165, 1.54) is 11.1 Å². The Morgan fingerprint density at radius 1 is 1.28 bits per heavy atom. The Labute approximate surface area is 110 Å². The lowest BCUT2D eigenvalue weighted by Gasteiger charge is -2.37. The molecule has 1 aromatic rings. The number of ether oxygens (including phenoxy) is 1. The second-order valence-electron chi connectivity index (χ2n) is 5.64. The first-order valence-electron chi connectivity index (χ1n) is 6.96. The van der Waals surface area contributed by atoms with Gasteiger partial charge in [0, 0.05) is 12.8 Å². The van der Waals surface area contributed by atoms with E-state index >= 15 is 0 Å². The molecule has 1 aliphatic rings. The molecule has 0 aromatic heterocycles. The number of rotatable bonds is 3. The van der Waals surface area contributed by atoms with Crippen molar-refractivity contribution in [2.75, 3.05) is 6.61 Å². The number of hydrogen-bond acceptors (Lipinski definition) is 2. The Hall–Kier alpha value is -0.860. The van der Waals surface area contributed by atoms with Crippen molar-refractivity contribution in [3.8, 4) is 0 Å². The average molecular weight is 248 g/mol. The maximum atomic E-state index is 10.9. The van der Waals surface area contributed by atoms with Crippen molar-refractivity contribution in [2.45, 2.75) is 58.2 Å². The Morgan fingerprint density at radius 2 is 1.94 bits per heavy atom. The minimum absolute atomic E-state index is 0.203. The molecule has 0 bridgehead atoms. The summed E-state index contributed by atoms with van der Waals surface area (Å²) < 4.78 is 5.74. The van der Waals surface area contributed by atoms with Crippen molar-refractivity contribution < 1.29 is 9.84 Å². The van der Waals surface area contributed by atoms with Crippen LogP contribution in [0.15, 0.2) is 18.2 Å². The van der Waals surface area contributed by atoms with Crippen LogP contribution in [-0.2, 0) is 10.3 Å². The summed E-state index contributed by atoms with van der Waals surface area (Å²) in [4.78, 5) is 0. The molecule has 0 saturated carbocycles. The van der Waals surface area contributed by atoms with Crippen LogP contribution in [0.1, 0.15) is 49.3 Å². The van der Waals surface area contributed by atoms with Crippen molar-refractivity contribution in [3.63, 3.8) is 0 Å². The average Bonchev–Trinajstić information content (AvgIpc) is 2.28. The highest BCUT2D eigenvalue weighted by atomic mass is 16.5. The quantitative estimate of drug-likeness (QED) is 0.887. The van der Waals surface area contributed by atoms with Gasteiger partial charge in [-0.25, -0.2) is 0 Å². The lowest BCUT2D eigenvalue weighted by Crippen LogP contribution is -2.38. The van der Waals surface area contributed by atoms with Crippen molar-refractivity contribution >= 4 is 0 Å². The Bertz CT molecular complexity index is 391. The van der Waals surface area contributed by atoms with Crippen molar-refractivity contribution in [1.29, 1.82) is 0 Å². The van der Waals surface area contributed by atoms with Crippen LogP contribution in [0.2, 0.25) is 0 Å². The van der Waals surface area contributed by atoms with E-state index < -0.39 is 5.60 Å². The van der Waals surface area contributed by atoms with E-state index in [9.17, 15) is 5.11 Å². The number of aryl methyl sites for hydroxylation is 2. The third kappa shape index (κ3) is 2.93. The van der Waals surface area contributed by atoms with Crippen LogP contribution in [0.3, 0.4) is 0 Å². The lowest BCUT2D eigenvalue weighted by molar-refractivity contribution is -0.110. The third-order valence-corrected chi connectivity index (χ3v) is 3.80. The zero-order valence-corrected chi connectivity index (χ0v) is 11.7. The molecule has 0 radical (unpaired) electrons. The molecule has 0 aliphatic carbocycles. The predicted octanol–water partition coefficient (Wildman–Crippen LogP) is 3.47. The molecule has 0 amide bonds. The maximum Gasteiger partial charge on any atom is 0.0943 e. The van der Waals surface area contributed by atoms with E-state index in [0.717, 1.165) is 24.8 Å². The minimum atomic E-state index is -0.700. The number of hydrogen-bond donors (Lipinski definition) is 1. The van der Waals surface area contributed by atoms with Gasteiger partial charge < -0.3 is 9.84 Å². The second kappa shape index (κ2) is 5.41. The first-order chi connectivity index (χ1) is 8.53. The first-order valence-corrected chi connectivity index (χ1v) is 6.96. The topological polar surface area (TPSA) is 29.5 Å². The zero-order valence-electron chi connectivity index (χ0n) is 11.7. The van der Waals surface area contributed by atoms with Crippen LogP contribution in [0.5, 0.6) is 0 Å². The van der Waals surface area contributed by atoms with E-state index in [2.05, 4.69) is 39.0 Å². The molecule has 2 atom stereocenters. The molecule has 2 heteroatoms. The van der Waals surface area contributed by atoms with Gasteiger partial charge in [0.05, 0.1) is 18.3 Å². The summed E-state index contributed by atoms with van der Waals surface area (Å²) in [5.74, 6) is 0. The molecule has 1 saturated heterocycles.